The monoisotopic (exact) mass is 545 g/mol. The number of likely N-dealkylation sites (tertiary alicyclic amines) is 1. The smallest absolute Gasteiger partial charge is 0.328 e. The quantitative estimate of drug-likeness (QED) is 0.125. The van der Waals surface area contributed by atoms with Gasteiger partial charge in [0.05, 0.1) is 25.2 Å². The summed E-state index contributed by atoms with van der Waals surface area (Å²) in [6, 6.07) is -1.88. The van der Waals surface area contributed by atoms with Gasteiger partial charge in [0, 0.05) is 38.0 Å². The number of aromatic nitrogens is 2. The highest BCUT2D eigenvalue weighted by molar-refractivity contribution is 5.88. The lowest BCUT2D eigenvalue weighted by atomic mass is 10.1. The van der Waals surface area contributed by atoms with Crippen LogP contribution < -0.4 is 11.1 Å². The third kappa shape index (κ3) is 12.8. The maximum absolute atomic E-state index is 13.0. The SMILES string of the molecule is CCCCCCCC/C=C\CCCCCCCC(=O)N[C@H]1C[C@@H](C(=O)OC)N(C(=O)C(N)Cc2c[nH]cn2)C1. The van der Waals surface area contributed by atoms with Crippen molar-refractivity contribution in [2.45, 2.75) is 128 Å². The molecular formula is C30H51N5O4. The summed E-state index contributed by atoms with van der Waals surface area (Å²) in [5.41, 5.74) is 6.80. The molecule has 2 amide bonds. The number of unbranched alkanes of at least 4 members (excludes halogenated alkanes) is 11. The number of amides is 2. The average molecular weight is 546 g/mol. The highest BCUT2D eigenvalue weighted by Crippen LogP contribution is 2.21. The van der Waals surface area contributed by atoms with Gasteiger partial charge in [-0.05, 0) is 32.1 Å². The number of H-pyrrole nitrogens is 1. The molecule has 0 saturated carbocycles. The highest BCUT2D eigenvalue weighted by Gasteiger charge is 2.42. The van der Waals surface area contributed by atoms with E-state index in [1.807, 2.05) is 0 Å². The molecule has 0 spiro atoms. The molecule has 1 fully saturated rings. The van der Waals surface area contributed by atoms with E-state index < -0.39 is 18.1 Å². The zero-order valence-electron chi connectivity index (χ0n) is 24.2. The molecule has 0 aromatic carbocycles. The lowest BCUT2D eigenvalue weighted by molar-refractivity contribution is -0.151. The second-order valence-corrected chi connectivity index (χ2v) is 10.7. The van der Waals surface area contributed by atoms with E-state index in [1.54, 1.807) is 6.20 Å². The van der Waals surface area contributed by atoms with E-state index in [1.165, 1.54) is 76.1 Å². The Labute approximate surface area is 234 Å². The van der Waals surface area contributed by atoms with Crippen LogP contribution >= 0.6 is 0 Å². The Balaban J connectivity index is 1.59. The predicted octanol–water partition coefficient (Wildman–Crippen LogP) is 4.58. The van der Waals surface area contributed by atoms with Gasteiger partial charge in [-0.2, -0.15) is 0 Å². The molecule has 3 atom stereocenters. The number of hydrogen-bond donors (Lipinski definition) is 3. The Morgan fingerprint density at radius 1 is 1.08 bits per heavy atom. The fraction of sp³-hybridized carbons (Fsp3) is 0.733. The van der Waals surface area contributed by atoms with E-state index >= 15 is 0 Å². The summed E-state index contributed by atoms with van der Waals surface area (Å²) >= 11 is 0. The molecule has 0 bridgehead atoms. The number of methoxy groups -OCH3 is 1. The van der Waals surface area contributed by atoms with Gasteiger partial charge in [0.1, 0.15) is 6.04 Å². The Bertz CT molecular complexity index is 858. The maximum Gasteiger partial charge on any atom is 0.328 e. The molecule has 1 aliphatic heterocycles. The number of esters is 1. The molecule has 2 heterocycles. The van der Waals surface area contributed by atoms with Crippen LogP contribution in [-0.4, -0.2) is 64.4 Å². The van der Waals surface area contributed by atoms with Crippen LogP contribution in [0.25, 0.3) is 0 Å². The minimum absolute atomic E-state index is 0.0450. The van der Waals surface area contributed by atoms with Crippen LogP contribution in [0.15, 0.2) is 24.7 Å². The van der Waals surface area contributed by atoms with Crippen LogP contribution in [-0.2, 0) is 25.5 Å². The molecule has 220 valence electrons. The standard InChI is InChI=1S/C30H51N5O4/c1-3-4-5-6-7-8-9-10-11-12-13-14-15-16-17-18-28(36)34-25-20-27(30(38)39-2)35(22-25)29(37)26(31)19-24-21-32-23-33-24/h10-11,21,23,25-27H,3-9,12-20,22,31H2,1-2H3,(H,32,33)(H,34,36)/b11-10-/t25-,26?,27-/m0/s1. The van der Waals surface area contributed by atoms with Crippen molar-refractivity contribution >= 4 is 17.8 Å². The number of ether oxygens (including phenoxy) is 1. The predicted molar refractivity (Wildman–Crippen MR) is 154 cm³/mol. The van der Waals surface area contributed by atoms with Crippen molar-refractivity contribution in [2.75, 3.05) is 13.7 Å². The van der Waals surface area contributed by atoms with Crippen LogP contribution in [0, 0.1) is 0 Å². The molecule has 9 heteroatoms. The second kappa shape index (κ2) is 19.4. The van der Waals surface area contributed by atoms with Crippen molar-refractivity contribution in [3.8, 4) is 0 Å². The number of carbonyl (C=O) groups excluding carboxylic acids is 3. The van der Waals surface area contributed by atoms with E-state index in [9.17, 15) is 14.4 Å². The lowest BCUT2D eigenvalue weighted by Crippen LogP contribution is -2.50. The summed E-state index contributed by atoms with van der Waals surface area (Å²) in [7, 11) is 1.30. The minimum atomic E-state index is -0.828. The Morgan fingerprint density at radius 3 is 2.33 bits per heavy atom. The highest BCUT2D eigenvalue weighted by atomic mass is 16.5. The molecule has 1 unspecified atom stereocenters. The number of imidazole rings is 1. The lowest BCUT2D eigenvalue weighted by Gasteiger charge is -2.25. The first kappa shape index (κ1) is 32.5. The van der Waals surface area contributed by atoms with Crippen molar-refractivity contribution in [1.29, 1.82) is 0 Å². The fourth-order valence-corrected chi connectivity index (χ4v) is 5.13. The van der Waals surface area contributed by atoms with Crippen LogP contribution in [0.3, 0.4) is 0 Å². The largest absolute Gasteiger partial charge is 0.467 e. The van der Waals surface area contributed by atoms with Gasteiger partial charge < -0.3 is 25.7 Å². The summed E-state index contributed by atoms with van der Waals surface area (Å²) in [6.45, 7) is 2.49. The average Bonchev–Trinajstić information content (AvgIpc) is 3.60. The van der Waals surface area contributed by atoms with Gasteiger partial charge in [-0.3, -0.25) is 9.59 Å². The third-order valence-electron chi connectivity index (χ3n) is 7.39. The fourth-order valence-electron chi connectivity index (χ4n) is 5.13. The summed E-state index contributed by atoms with van der Waals surface area (Å²) in [4.78, 5) is 46.3. The molecule has 1 aliphatic rings. The van der Waals surface area contributed by atoms with Crippen LogP contribution in [0.4, 0.5) is 0 Å². The number of nitrogens with zero attached hydrogens (tertiary/aromatic N) is 2. The molecule has 1 aromatic heterocycles. The topological polar surface area (TPSA) is 130 Å². The number of carbonyl (C=O) groups is 3. The Morgan fingerprint density at radius 2 is 1.72 bits per heavy atom. The number of aromatic amines is 1. The summed E-state index contributed by atoms with van der Waals surface area (Å²) < 4.78 is 4.91. The minimum Gasteiger partial charge on any atom is -0.467 e. The first-order valence-corrected chi connectivity index (χ1v) is 15.0. The molecule has 2 rings (SSSR count). The van der Waals surface area contributed by atoms with Crippen LogP contribution in [0.2, 0.25) is 0 Å². The van der Waals surface area contributed by atoms with E-state index in [0.29, 0.717) is 18.5 Å². The van der Waals surface area contributed by atoms with E-state index in [2.05, 4.69) is 34.4 Å². The molecule has 0 radical (unpaired) electrons. The zero-order chi connectivity index (χ0) is 28.3. The van der Waals surface area contributed by atoms with Crippen molar-refractivity contribution < 1.29 is 19.1 Å². The number of hydrogen-bond acceptors (Lipinski definition) is 6. The maximum atomic E-state index is 13.0. The molecule has 1 saturated heterocycles. The van der Waals surface area contributed by atoms with E-state index in [0.717, 1.165) is 25.7 Å². The van der Waals surface area contributed by atoms with Crippen LogP contribution in [0.5, 0.6) is 0 Å². The first-order chi connectivity index (χ1) is 19.0. The van der Waals surface area contributed by atoms with Crippen molar-refractivity contribution in [1.82, 2.24) is 20.2 Å². The molecule has 39 heavy (non-hydrogen) atoms. The number of rotatable bonds is 20. The number of allylic oxidation sites excluding steroid dienone is 2. The second-order valence-electron chi connectivity index (χ2n) is 10.7. The molecule has 1 aromatic rings. The molecule has 9 nitrogen and oxygen atoms in total. The molecule has 4 N–H and O–H groups in total. The van der Waals surface area contributed by atoms with Gasteiger partial charge in [-0.1, -0.05) is 70.4 Å². The van der Waals surface area contributed by atoms with Crippen molar-refractivity contribution in [2.24, 2.45) is 5.73 Å². The van der Waals surface area contributed by atoms with E-state index in [-0.39, 0.29) is 30.8 Å². The number of nitrogens with one attached hydrogen (secondary N) is 2. The summed E-state index contributed by atoms with van der Waals surface area (Å²) in [6.07, 6.45) is 24.7. The van der Waals surface area contributed by atoms with Crippen molar-refractivity contribution in [3.05, 3.63) is 30.4 Å². The summed E-state index contributed by atoms with van der Waals surface area (Å²) in [5.74, 6) is -0.886. The van der Waals surface area contributed by atoms with Crippen LogP contribution in [0.1, 0.15) is 109 Å². The number of nitrogens with two attached hydrogens (primary N) is 1. The Kier molecular flexibility index (Phi) is 16.2. The van der Waals surface area contributed by atoms with Crippen molar-refractivity contribution in [3.63, 3.8) is 0 Å². The van der Waals surface area contributed by atoms with Gasteiger partial charge >= 0.3 is 5.97 Å². The van der Waals surface area contributed by atoms with Gasteiger partial charge in [0.2, 0.25) is 11.8 Å². The van der Waals surface area contributed by atoms with Gasteiger partial charge in [0.25, 0.3) is 0 Å². The van der Waals surface area contributed by atoms with Gasteiger partial charge in [-0.15, -0.1) is 0 Å². The molecule has 0 aliphatic carbocycles. The summed E-state index contributed by atoms with van der Waals surface area (Å²) in [5, 5.41) is 3.00. The Hall–Kier alpha value is -2.68. The zero-order valence-corrected chi connectivity index (χ0v) is 24.2. The van der Waals surface area contributed by atoms with Gasteiger partial charge in [0.15, 0.2) is 0 Å². The third-order valence-corrected chi connectivity index (χ3v) is 7.39. The van der Waals surface area contributed by atoms with E-state index in [4.69, 9.17) is 10.5 Å². The van der Waals surface area contributed by atoms with Gasteiger partial charge in [-0.25, -0.2) is 9.78 Å². The molecular weight excluding hydrogens is 494 g/mol. The normalized spacial score (nSPS) is 18.0. The first-order valence-electron chi connectivity index (χ1n) is 15.0.